The van der Waals surface area contributed by atoms with Crippen LogP contribution in [-0.4, -0.2) is 31.9 Å². The van der Waals surface area contributed by atoms with Gasteiger partial charge in [-0.1, -0.05) is 48.5 Å². The van der Waals surface area contributed by atoms with Crippen molar-refractivity contribution in [3.63, 3.8) is 0 Å². The second-order valence-electron chi connectivity index (χ2n) is 9.82. The van der Waals surface area contributed by atoms with Crippen molar-refractivity contribution in [3.8, 4) is 22.8 Å². The van der Waals surface area contributed by atoms with E-state index in [2.05, 4.69) is 14.8 Å². The van der Waals surface area contributed by atoms with Crippen molar-refractivity contribution in [1.82, 2.24) is 4.98 Å². The molecule has 3 aromatic carbocycles. The Bertz CT molecular complexity index is 1760. The maximum Gasteiger partial charge on any atom is 0.586 e. The molecule has 0 bridgehead atoms. The van der Waals surface area contributed by atoms with E-state index in [4.69, 9.17) is 10.7 Å². The lowest BCUT2D eigenvalue weighted by atomic mass is 9.94. The van der Waals surface area contributed by atoms with Gasteiger partial charge < -0.3 is 20.5 Å². The van der Waals surface area contributed by atoms with Crippen molar-refractivity contribution in [3.05, 3.63) is 83.9 Å². The number of rotatable bonds is 6. The lowest BCUT2D eigenvalue weighted by Crippen LogP contribution is -2.28. The third-order valence-electron chi connectivity index (χ3n) is 7.07. The molecular weight excluding hydrogens is 528 g/mol. The van der Waals surface area contributed by atoms with Crippen LogP contribution in [0, 0.1) is 0 Å². The first-order valence-electron chi connectivity index (χ1n) is 12.1. The first-order chi connectivity index (χ1) is 18.5. The minimum Gasteiger partial charge on any atom is -0.395 e. The number of hydrogen-bond acceptors (Lipinski definition) is 7. The second-order valence-corrected chi connectivity index (χ2v) is 12.0. The van der Waals surface area contributed by atoms with Gasteiger partial charge in [-0.2, -0.15) is 0 Å². The number of nitrogens with one attached hydrogen (secondary N) is 1. The Morgan fingerprint density at radius 3 is 2.49 bits per heavy atom. The van der Waals surface area contributed by atoms with Gasteiger partial charge in [-0.05, 0) is 53.6 Å². The molecule has 1 aliphatic carbocycles. The zero-order valence-electron chi connectivity index (χ0n) is 20.6. The van der Waals surface area contributed by atoms with Gasteiger partial charge in [0.2, 0.25) is 5.91 Å². The first-order valence-corrected chi connectivity index (χ1v) is 14.1. The summed E-state index contributed by atoms with van der Waals surface area (Å²) in [6.07, 6.45) is -1.61. The van der Waals surface area contributed by atoms with Gasteiger partial charge >= 0.3 is 6.29 Å². The Morgan fingerprint density at radius 1 is 1.00 bits per heavy atom. The number of benzene rings is 3. The number of ether oxygens (including phenoxy) is 2. The molecule has 0 radical (unpaired) electrons. The summed E-state index contributed by atoms with van der Waals surface area (Å²) in [7, 11) is -3.53. The molecule has 11 heteroatoms. The molecule has 2 aliphatic rings. The van der Waals surface area contributed by atoms with E-state index in [9.17, 15) is 22.0 Å². The number of pyridine rings is 1. The van der Waals surface area contributed by atoms with Gasteiger partial charge in [-0.3, -0.25) is 4.79 Å². The standard InChI is InChI=1S/C28H23F2N3O5S/c1-39(35,36)25(31)18-7-4-6-17(13-18)24-20-8-3-2-5-16(20)14-23(32-24)33-26(34)27(11-12-27)19-9-10-21-22(15-19)38-28(29,30)37-21/h2-10,13-15,25H,11-12,31H2,1H3,(H,32,33,34). The molecule has 39 heavy (non-hydrogen) atoms. The number of carbonyl (C=O) groups is 1. The van der Waals surface area contributed by atoms with Gasteiger partial charge in [-0.15, -0.1) is 8.78 Å². The molecule has 0 spiro atoms. The minimum atomic E-state index is -3.74. The summed E-state index contributed by atoms with van der Waals surface area (Å²) < 4.78 is 60.1. The van der Waals surface area contributed by atoms with Crippen molar-refractivity contribution in [1.29, 1.82) is 0 Å². The van der Waals surface area contributed by atoms with Gasteiger partial charge in [0.05, 0.1) is 11.1 Å². The van der Waals surface area contributed by atoms with E-state index >= 15 is 0 Å². The lowest BCUT2D eigenvalue weighted by molar-refractivity contribution is -0.286. The fraction of sp³-hybridized carbons (Fsp3) is 0.214. The average molecular weight is 552 g/mol. The molecule has 1 aromatic heterocycles. The van der Waals surface area contributed by atoms with Gasteiger partial charge in [0.1, 0.15) is 11.2 Å². The number of carbonyl (C=O) groups excluding carboxylic acids is 1. The molecule has 1 amide bonds. The molecular formula is C28H23F2N3O5S. The normalized spacial score (nSPS) is 17.5. The number of fused-ring (bicyclic) bond motifs is 2. The van der Waals surface area contributed by atoms with Gasteiger partial charge in [0.25, 0.3) is 0 Å². The number of alkyl halides is 2. The predicted molar refractivity (Wildman–Crippen MR) is 141 cm³/mol. The number of anilines is 1. The molecule has 0 saturated heterocycles. The van der Waals surface area contributed by atoms with Crippen LogP contribution in [-0.2, 0) is 20.0 Å². The van der Waals surface area contributed by atoms with Crippen LogP contribution >= 0.6 is 0 Å². The number of aromatic nitrogens is 1. The first kappa shape index (κ1) is 25.2. The summed E-state index contributed by atoms with van der Waals surface area (Å²) in [6.45, 7) is 0. The average Bonchev–Trinajstić information content (AvgIpc) is 3.64. The zero-order chi connectivity index (χ0) is 27.6. The fourth-order valence-electron chi connectivity index (χ4n) is 4.85. The molecule has 1 unspecified atom stereocenters. The van der Waals surface area contributed by atoms with E-state index in [1.54, 1.807) is 36.4 Å². The number of hydrogen-bond donors (Lipinski definition) is 2. The Hall–Kier alpha value is -4.09. The molecule has 1 fully saturated rings. The molecule has 4 aromatic rings. The number of halogens is 2. The Balaban J connectivity index is 1.35. The highest BCUT2D eigenvalue weighted by Gasteiger charge is 2.53. The van der Waals surface area contributed by atoms with Crippen LogP contribution in [0.1, 0.15) is 29.3 Å². The van der Waals surface area contributed by atoms with Crippen molar-refractivity contribution >= 4 is 32.3 Å². The van der Waals surface area contributed by atoms with Gasteiger partial charge in [-0.25, -0.2) is 13.4 Å². The monoisotopic (exact) mass is 551 g/mol. The van der Waals surface area contributed by atoms with Crippen LogP contribution in [0.4, 0.5) is 14.6 Å². The Morgan fingerprint density at radius 2 is 1.74 bits per heavy atom. The summed E-state index contributed by atoms with van der Waals surface area (Å²) >= 11 is 0. The summed E-state index contributed by atoms with van der Waals surface area (Å²) in [6, 6.07) is 20.4. The third-order valence-corrected chi connectivity index (χ3v) is 8.27. The molecule has 6 rings (SSSR count). The summed E-state index contributed by atoms with van der Waals surface area (Å²) in [5.41, 5.74) is 7.19. The molecule has 200 valence electrons. The highest BCUT2D eigenvalue weighted by atomic mass is 32.2. The SMILES string of the molecule is CS(=O)(=O)C(N)c1cccc(-c2nc(NC(=O)C3(c4ccc5c(c4)OC(F)(F)O5)CC3)cc3ccccc23)c1. The maximum absolute atomic E-state index is 13.5. The number of nitrogens with zero attached hydrogens (tertiary/aromatic N) is 1. The lowest BCUT2D eigenvalue weighted by Gasteiger charge is -2.17. The van der Waals surface area contributed by atoms with Crippen LogP contribution < -0.4 is 20.5 Å². The Kier molecular flexibility index (Phi) is 5.63. The van der Waals surface area contributed by atoms with E-state index in [1.165, 1.54) is 12.1 Å². The molecule has 1 aliphatic heterocycles. The topological polar surface area (TPSA) is 121 Å². The maximum atomic E-state index is 13.5. The van der Waals surface area contributed by atoms with E-state index < -0.39 is 26.9 Å². The van der Waals surface area contributed by atoms with Crippen LogP contribution in [0.5, 0.6) is 11.5 Å². The van der Waals surface area contributed by atoms with Crippen LogP contribution in [0.2, 0.25) is 0 Å². The van der Waals surface area contributed by atoms with Crippen LogP contribution in [0.3, 0.4) is 0 Å². The van der Waals surface area contributed by atoms with Gasteiger partial charge in [0.15, 0.2) is 21.3 Å². The molecule has 8 nitrogen and oxygen atoms in total. The number of amides is 1. The van der Waals surface area contributed by atoms with E-state index in [0.717, 1.165) is 17.0 Å². The van der Waals surface area contributed by atoms with Crippen LogP contribution in [0.25, 0.3) is 22.0 Å². The number of sulfone groups is 1. The molecule has 1 atom stereocenters. The Labute approximate surface area is 222 Å². The highest BCUT2D eigenvalue weighted by Crippen LogP contribution is 2.52. The van der Waals surface area contributed by atoms with Crippen molar-refractivity contribution in [2.24, 2.45) is 5.73 Å². The van der Waals surface area contributed by atoms with Gasteiger partial charge in [0, 0.05) is 17.2 Å². The van der Waals surface area contributed by atoms with Crippen molar-refractivity contribution in [2.45, 2.75) is 29.9 Å². The predicted octanol–water partition coefficient (Wildman–Crippen LogP) is 4.90. The number of nitrogens with two attached hydrogens (primary N) is 1. The summed E-state index contributed by atoms with van der Waals surface area (Å²) in [5.74, 6) is -0.228. The van der Waals surface area contributed by atoms with E-state index in [1.807, 2.05) is 24.3 Å². The van der Waals surface area contributed by atoms with Crippen molar-refractivity contribution < 1.29 is 31.5 Å². The third kappa shape index (κ3) is 4.57. The zero-order valence-corrected chi connectivity index (χ0v) is 21.5. The largest absolute Gasteiger partial charge is 0.586 e. The van der Waals surface area contributed by atoms with Crippen LogP contribution in [0.15, 0.2) is 72.8 Å². The summed E-state index contributed by atoms with van der Waals surface area (Å²) in [5, 5.41) is 3.32. The molecule has 2 heterocycles. The summed E-state index contributed by atoms with van der Waals surface area (Å²) in [4.78, 5) is 18.2. The quantitative estimate of drug-likeness (QED) is 0.350. The van der Waals surface area contributed by atoms with E-state index in [0.29, 0.717) is 41.0 Å². The molecule has 1 saturated carbocycles. The van der Waals surface area contributed by atoms with E-state index in [-0.39, 0.29) is 17.4 Å². The minimum absolute atomic E-state index is 0.0846. The smallest absolute Gasteiger partial charge is 0.395 e. The van der Waals surface area contributed by atoms with Crippen molar-refractivity contribution in [2.75, 3.05) is 11.6 Å². The highest BCUT2D eigenvalue weighted by molar-refractivity contribution is 7.90. The fourth-order valence-corrected chi connectivity index (χ4v) is 5.49. The molecule has 3 N–H and O–H groups in total. The second kappa shape index (κ2) is 8.72.